The van der Waals surface area contributed by atoms with Crippen molar-refractivity contribution in [3.63, 3.8) is 0 Å². The fourth-order valence-corrected chi connectivity index (χ4v) is 4.49. The highest BCUT2D eigenvalue weighted by molar-refractivity contribution is 6.32. The van der Waals surface area contributed by atoms with Gasteiger partial charge in [-0.25, -0.2) is 0 Å². The number of para-hydroxylation sites is 1. The number of benzene rings is 4. The second kappa shape index (κ2) is 14.4. The van der Waals surface area contributed by atoms with Gasteiger partial charge in [-0.05, 0) is 53.1 Å². The second-order valence-electron chi connectivity index (χ2n) is 9.14. The van der Waals surface area contributed by atoms with E-state index in [0.29, 0.717) is 28.8 Å². The monoisotopic (exact) mass is 576 g/mol. The van der Waals surface area contributed by atoms with Gasteiger partial charge in [0.2, 0.25) is 5.91 Å². The molecule has 0 aromatic heterocycles. The van der Waals surface area contributed by atoms with Crippen molar-refractivity contribution in [2.45, 2.75) is 25.6 Å². The lowest BCUT2D eigenvalue weighted by molar-refractivity contribution is -0.142. The van der Waals surface area contributed by atoms with Gasteiger partial charge in [-0.1, -0.05) is 89.9 Å². The van der Waals surface area contributed by atoms with Crippen LogP contribution >= 0.6 is 23.2 Å². The molecule has 1 atom stereocenters. The van der Waals surface area contributed by atoms with Gasteiger partial charge in [-0.2, -0.15) is 0 Å². The minimum Gasteiger partial charge on any atom is -0.497 e. The summed E-state index contributed by atoms with van der Waals surface area (Å²) < 4.78 is 11.0. The second-order valence-corrected chi connectivity index (χ2v) is 9.98. The molecule has 0 fully saturated rings. The fourth-order valence-electron chi connectivity index (χ4n) is 4.18. The molecule has 1 N–H and O–H groups in total. The van der Waals surface area contributed by atoms with Crippen LogP contribution < -0.4 is 14.8 Å². The van der Waals surface area contributed by atoms with Crippen molar-refractivity contribution in [1.29, 1.82) is 0 Å². The molecule has 0 bridgehead atoms. The molecular formula is C32H30Cl2N2O4. The number of rotatable bonds is 12. The lowest BCUT2D eigenvalue weighted by Gasteiger charge is -2.31. The molecule has 0 radical (unpaired) electrons. The van der Waals surface area contributed by atoms with E-state index in [4.69, 9.17) is 32.7 Å². The Balaban J connectivity index is 1.60. The zero-order valence-electron chi connectivity index (χ0n) is 22.1. The first-order valence-electron chi connectivity index (χ1n) is 12.8. The van der Waals surface area contributed by atoms with Gasteiger partial charge < -0.3 is 19.7 Å². The van der Waals surface area contributed by atoms with Gasteiger partial charge >= 0.3 is 0 Å². The Labute approximate surface area is 244 Å². The number of ether oxygens (including phenoxy) is 2. The summed E-state index contributed by atoms with van der Waals surface area (Å²) in [5, 5.41) is 4.00. The summed E-state index contributed by atoms with van der Waals surface area (Å²) in [6.45, 7) is 0.205. The minimum absolute atomic E-state index is 0.190. The van der Waals surface area contributed by atoms with Gasteiger partial charge in [0.25, 0.3) is 5.91 Å². The fraction of sp³-hybridized carbons (Fsp3) is 0.188. The molecule has 0 aliphatic rings. The van der Waals surface area contributed by atoms with Crippen LogP contribution in [0.15, 0.2) is 103 Å². The number of hydrogen-bond donors (Lipinski definition) is 1. The highest BCUT2D eigenvalue weighted by Gasteiger charge is 2.30. The Bertz CT molecular complexity index is 1400. The first kappa shape index (κ1) is 29.0. The standard InChI is InChI=1S/C32H30Cl2N2O4/c1-39-27-17-13-24(14-18-27)20-35-32(38)29(19-23-7-3-2-4-8-23)36(21-25-11-15-26(33)16-12-25)31(37)22-40-30-10-6-5-9-28(30)34/h2-18,29H,19-22H2,1H3,(H,35,38)/t29-/m1/s1. The number of methoxy groups -OCH3 is 1. The highest BCUT2D eigenvalue weighted by Crippen LogP contribution is 2.24. The molecule has 0 unspecified atom stereocenters. The first-order chi connectivity index (χ1) is 19.4. The van der Waals surface area contributed by atoms with Crippen molar-refractivity contribution < 1.29 is 19.1 Å². The summed E-state index contributed by atoms with van der Waals surface area (Å²) in [4.78, 5) is 29.0. The van der Waals surface area contributed by atoms with Gasteiger partial charge in [-0.3, -0.25) is 9.59 Å². The van der Waals surface area contributed by atoms with Gasteiger partial charge in [0.1, 0.15) is 17.5 Å². The first-order valence-corrected chi connectivity index (χ1v) is 13.5. The van der Waals surface area contributed by atoms with E-state index < -0.39 is 6.04 Å². The lowest BCUT2D eigenvalue weighted by Crippen LogP contribution is -2.51. The molecule has 0 heterocycles. The van der Waals surface area contributed by atoms with Crippen LogP contribution in [0, 0.1) is 0 Å². The molecule has 0 aliphatic carbocycles. The van der Waals surface area contributed by atoms with E-state index in [2.05, 4.69) is 5.32 Å². The van der Waals surface area contributed by atoms with Gasteiger partial charge in [0.05, 0.1) is 12.1 Å². The van der Waals surface area contributed by atoms with Crippen LogP contribution in [0.2, 0.25) is 10.0 Å². The van der Waals surface area contributed by atoms with Crippen molar-refractivity contribution in [3.8, 4) is 11.5 Å². The van der Waals surface area contributed by atoms with Crippen molar-refractivity contribution >= 4 is 35.0 Å². The van der Waals surface area contributed by atoms with Gasteiger partial charge in [0.15, 0.2) is 6.61 Å². The molecule has 6 nitrogen and oxygen atoms in total. The summed E-state index contributed by atoms with van der Waals surface area (Å²) in [6.07, 6.45) is 0.320. The third kappa shape index (κ3) is 8.25. The molecule has 4 aromatic rings. The Kier molecular flexibility index (Phi) is 10.4. The van der Waals surface area contributed by atoms with E-state index >= 15 is 0 Å². The van der Waals surface area contributed by atoms with Crippen LogP contribution in [0.3, 0.4) is 0 Å². The Morgan fingerprint density at radius 2 is 1.45 bits per heavy atom. The topological polar surface area (TPSA) is 67.9 Å². The predicted molar refractivity (Wildman–Crippen MR) is 158 cm³/mol. The van der Waals surface area contributed by atoms with Crippen LogP contribution in [-0.4, -0.2) is 36.5 Å². The van der Waals surface area contributed by atoms with E-state index in [0.717, 1.165) is 22.4 Å². The van der Waals surface area contributed by atoms with E-state index in [1.54, 1.807) is 48.4 Å². The SMILES string of the molecule is COc1ccc(CNC(=O)[C@@H](Cc2ccccc2)N(Cc2ccc(Cl)cc2)C(=O)COc2ccccc2Cl)cc1. The minimum atomic E-state index is -0.807. The van der Waals surface area contributed by atoms with E-state index in [-0.39, 0.29) is 25.0 Å². The van der Waals surface area contributed by atoms with E-state index in [9.17, 15) is 9.59 Å². The molecule has 2 amide bonds. The molecule has 4 aromatic carbocycles. The zero-order chi connectivity index (χ0) is 28.3. The Hall–Kier alpha value is -4.00. The summed E-state index contributed by atoms with van der Waals surface area (Å²) in [5.41, 5.74) is 2.66. The molecule has 206 valence electrons. The third-order valence-electron chi connectivity index (χ3n) is 6.35. The number of nitrogens with zero attached hydrogens (tertiary/aromatic N) is 1. The van der Waals surface area contributed by atoms with E-state index in [1.807, 2.05) is 66.7 Å². The highest BCUT2D eigenvalue weighted by atomic mass is 35.5. The Morgan fingerprint density at radius 3 is 2.12 bits per heavy atom. The number of halogens is 2. The quantitative estimate of drug-likeness (QED) is 0.214. The summed E-state index contributed by atoms with van der Waals surface area (Å²) >= 11 is 12.3. The van der Waals surface area contributed by atoms with Crippen LogP contribution in [0.5, 0.6) is 11.5 Å². The maximum absolute atomic E-state index is 13.7. The average molecular weight is 578 g/mol. The van der Waals surface area contributed by atoms with Crippen LogP contribution in [0.25, 0.3) is 0 Å². The van der Waals surface area contributed by atoms with Crippen molar-refractivity contribution in [3.05, 3.63) is 130 Å². The van der Waals surface area contributed by atoms with Crippen LogP contribution in [0.1, 0.15) is 16.7 Å². The molecular weight excluding hydrogens is 547 g/mol. The van der Waals surface area contributed by atoms with Crippen molar-refractivity contribution in [2.75, 3.05) is 13.7 Å². The summed E-state index contributed by atoms with van der Waals surface area (Å²) in [6, 6.07) is 30.4. The number of hydrogen-bond acceptors (Lipinski definition) is 4. The average Bonchev–Trinajstić information content (AvgIpc) is 2.99. The largest absolute Gasteiger partial charge is 0.497 e. The maximum atomic E-state index is 13.7. The van der Waals surface area contributed by atoms with Crippen molar-refractivity contribution in [2.24, 2.45) is 0 Å². The Morgan fingerprint density at radius 1 is 0.800 bits per heavy atom. The normalized spacial score (nSPS) is 11.4. The zero-order valence-corrected chi connectivity index (χ0v) is 23.6. The number of nitrogens with one attached hydrogen (secondary N) is 1. The number of carbonyl (C=O) groups is 2. The number of amides is 2. The summed E-state index contributed by atoms with van der Waals surface area (Å²) in [5.74, 6) is 0.498. The van der Waals surface area contributed by atoms with Crippen molar-refractivity contribution in [1.82, 2.24) is 10.2 Å². The van der Waals surface area contributed by atoms with Gasteiger partial charge in [0, 0.05) is 24.5 Å². The number of carbonyl (C=O) groups excluding carboxylic acids is 2. The van der Waals surface area contributed by atoms with Crippen LogP contribution in [-0.2, 0) is 29.1 Å². The molecule has 0 spiro atoms. The molecule has 8 heteroatoms. The van der Waals surface area contributed by atoms with E-state index in [1.165, 1.54) is 0 Å². The smallest absolute Gasteiger partial charge is 0.261 e. The molecule has 40 heavy (non-hydrogen) atoms. The molecule has 0 aliphatic heterocycles. The molecule has 0 saturated heterocycles. The summed E-state index contributed by atoms with van der Waals surface area (Å²) in [7, 11) is 1.60. The lowest BCUT2D eigenvalue weighted by atomic mass is 10.0. The van der Waals surface area contributed by atoms with Crippen LogP contribution in [0.4, 0.5) is 0 Å². The molecule has 0 saturated carbocycles. The maximum Gasteiger partial charge on any atom is 0.261 e. The predicted octanol–water partition coefficient (Wildman–Crippen LogP) is 6.34. The molecule has 4 rings (SSSR count). The van der Waals surface area contributed by atoms with Gasteiger partial charge in [-0.15, -0.1) is 0 Å². The third-order valence-corrected chi connectivity index (χ3v) is 6.92.